The lowest BCUT2D eigenvalue weighted by Crippen LogP contribution is -2.28. The highest BCUT2D eigenvalue weighted by atomic mass is 16.5. The lowest BCUT2D eigenvalue weighted by Gasteiger charge is -2.11. The van der Waals surface area contributed by atoms with Crippen LogP contribution in [0, 0.1) is 0 Å². The van der Waals surface area contributed by atoms with Crippen LogP contribution in [-0.4, -0.2) is 33.7 Å². The quantitative estimate of drug-likeness (QED) is 0.476. The number of pyridine rings is 1. The lowest BCUT2D eigenvalue weighted by molar-refractivity contribution is -0.131. The van der Waals surface area contributed by atoms with Crippen molar-refractivity contribution in [3.05, 3.63) is 70.3 Å². The van der Waals surface area contributed by atoms with Crippen LogP contribution in [0.1, 0.15) is 41.0 Å². The third-order valence-corrected chi connectivity index (χ3v) is 4.15. The summed E-state index contributed by atoms with van der Waals surface area (Å²) in [4.78, 5) is 53.3. The fourth-order valence-corrected chi connectivity index (χ4v) is 2.79. The molecule has 0 atom stereocenters. The minimum absolute atomic E-state index is 0.0752. The Labute approximate surface area is 171 Å². The van der Waals surface area contributed by atoms with Crippen LogP contribution >= 0.6 is 0 Å². The number of esters is 1. The van der Waals surface area contributed by atoms with Crippen molar-refractivity contribution < 1.29 is 19.1 Å². The number of para-hydroxylation sites is 1. The van der Waals surface area contributed by atoms with Gasteiger partial charge in [0.1, 0.15) is 11.4 Å². The largest absolute Gasteiger partial charge is 0.426 e. The third kappa shape index (κ3) is 4.35. The second-order valence-corrected chi connectivity index (χ2v) is 6.39. The fraction of sp³-hybridized carbons (Fsp3) is 0.190. The molecule has 0 aliphatic heterocycles. The van der Waals surface area contributed by atoms with Gasteiger partial charge in [0.2, 0.25) is 0 Å². The summed E-state index contributed by atoms with van der Waals surface area (Å²) < 4.78 is 6.22. The Morgan fingerprint density at radius 2 is 1.80 bits per heavy atom. The van der Waals surface area contributed by atoms with Crippen LogP contribution in [0.3, 0.4) is 0 Å². The van der Waals surface area contributed by atoms with Crippen molar-refractivity contribution in [3.63, 3.8) is 0 Å². The Balaban J connectivity index is 1.94. The van der Waals surface area contributed by atoms with Crippen LogP contribution in [0.25, 0.3) is 5.65 Å². The second kappa shape index (κ2) is 8.99. The molecule has 3 aromatic rings. The lowest BCUT2D eigenvalue weighted by atomic mass is 10.2. The van der Waals surface area contributed by atoms with E-state index in [1.165, 1.54) is 35.9 Å². The number of fused-ring (bicyclic) bond motifs is 1. The van der Waals surface area contributed by atoms with E-state index in [4.69, 9.17) is 4.74 Å². The van der Waals surface area contributed by atoms with Gasteiger partial charge in [-0.15, -0.1) is 0 Å². The molecule has 1 aromatic carbocycles. The molecule has 0 radical (unpaired) electrons. The number of carbonyl (C=O) groups excluding carboxylic acids is 3. The number of hydrogen-bond acceptors (Lipinski definition) is 6. The normalized spacial score (nSPS) is 10.5. The number of carbonyl (C=O) groups is 3. The summed E-state index contributed by atoms with van der Waals surface area (Å²) >= 11 is 0. The van der Waals surface area contributed by atoms with Gasteiger partial charge in [0, 0.05) is 19.7 Å². The van der Waals surface area contributed by atoms with E-state index in [1.807, 2.05) is 6.92 Å². The van der Waals surface area contributed by atoms with E-state index in [-0.39, 0.29) is 34.1 Å². The number of amides is 2. The van der Waals surface area contributed by atoms with Gasteiger partial charge in [-0.3, -0.25) is 23.6 Å². The zero-order valence-corrected chi connectivity index (χ0v) is 16.5. The van der Waals surface area contributed by atoms with Crippen molar-refractivity contribution in [2.45, 2.75) is 20.3 Å². The summed E-state index contributed by atoms with van der Waals surface area (Å²) in [5.74, 6) is -1.47. The fourth-order valence-electron chi connectivity index (χ4n) is 2.79. The first-order valence-corrected chi connectivity index (χ1v) is 9.29. The summed E-state index contributed by atoms with van der Waals surface area (Å²) in [6.07, 6.45) is 3.43. The first kappa shape index (κ1) is 20.7. The summed E-state index contributed by atoms with van der Waals surface area (Å²) in [6.45, 7) is 3.66. The molecular formula is C21H20N4O5. The Hall–Kier alpha value is -4.01. The summed E-state index contributed by atoms with van der Waals surface area (Å²) in [5.41, 5.74) is -0.120. The number of rotatable bonds is 6. The molecule has 3 rings (SSSR count). The van der Waals surface area contributed by atoms with Crippen molar-refractivity contribution >= 4 is 29.1 Å². The van der Waals surface area contributed by atoms with Crippen LogP contribution in [0.15, 0.2) is 53.6 Å². The van der Waals surface area contributed by atoms with Gasteiger partial charge in [-0.1, -0.05) is 19.1 Å². The third-order valence-electron chi connectivity index (χ3n) is 4.15. The second-order valence-electron chi connectivity index (χ2n) is 6.39. The molecule has 9 heteroatoms. The number of aromatic nitrogens is 2. The zero-order valence-electron chi connectivity index (χ0n) is 16.5. The minimum atomic E-state index is -0.637. The highest BCUT2D eigenvalue weighted by molar-refractivity contribution is 6.06. The molecule has 2 aromatic heterocycles. The van der Waals surface area contributed by atoms with Crippen molar-refractivity contribution in [2.75, 3.05) is 11.9 Å². The van der Waals surface area contributed by atoms with E-state index >= 15 is 0 Å². The molecule has 0 bridgehead atoms. The predicted molar refractivity (Wildman–Crippen MR) is 110 cm³/mol. The maximum atomic E-state index is 12.8. The highest BCUT2D eigenvalue weighted by Gasteiger charge is 2.17. The molecule has 0 saturated carbocycles. The molecular weight excluding hydrogens is 388 g/mol. The molecule has 154 valence electrons. The first-order valence-electron chi connectivity index (χ1n) is 9.29. The average molecular weight is 408 g/mol. The van der Waals surface area contributed by atoms with Crippen molar-refractivity contribution in [3.8, 4) is 5.75 Å². The van der Waals surface area contributed by atoms with E-state index < -0.39 is 17.4 Å². The summed E-state index contributed by atoms with van der Waals surface area (Å²) in [6, 6.07) is 9.29. The molecule has 0 fully saturated rings. The van der Waals surface area contributed by atoms with Gasteiger partial charge in [-0.05, 0) is 30.7 Å². The SMILES string of the molecule is CCCNC(=O)c1cccn2c(=O)c(NC(=O)c3ccccc3OC(C)=O)cnc12. The minimum Gasteiger partial charge on any atom is -0.426 e. The number of benzene rings is 1. The monoisotopic (exact) mass is 408 g/mol. The molecule has 2 amide bonds. The highest BCUT2D eigenvalue weighted by Crippen LogP contribution is 2.19. The topological polar surface area (TPSA) is 119 Å². The molecule has 30 heavy (non-hydrogen) atoms. The molecule has 2 heterocycles. The molecule has 0 aliphatic rings. The van der Waals surface area contributed by atoms with Gasteiger partial charge < -0.3 is 15.4 Å². The maximum absolute atomic E-state index is 12.8. The molecule has 0 spiro atoms. The van der Waals surface area contributed by atoms with Gasteiger partial charge in [0.25, 0.3) is 17.4 Å². The Morgan fingerprint density at radius 3 is 2.53 bits per heavy atom. The van der Waals surface area contributed by atoms with Gasteiger partial charge in [0.05, 0.1) is 17.3 Å². The average Bonchev–Trinajstić information content (AvgIpc) is 2.73. The number of anilines is 1. The van der Waals surface area contributed by atoms with Gasteiger partial charge in [0.15, 0.2) is 5.65 Å². The van der Waals surface area contributed by atoms with Crippen LogP contribution < -0.4 is 20.9 Å². The van der Waals surface area contributed by atoms with E-state index in [1.54, 1.807) is 24.3 Å². The first-order chi connectivity index (χ1) is 14.4. The standard InChI is InChI=1S/C21H20N4O5/c1-3-10-22-19(27)15-8-6-11-25-18(15)23-12-16(21(25)29)24-20(28)14-7-4-5-9-17(14)30-13(2)26/h4-9,11-12H,3,10H2,1-2H3,(H,22,27)(H,24,28). The van der Waals surface area contributed by atoms with E-state index in [9.17, 15) is 19.2 Å². The predicted octanol–water partition coefficient (Wildman–Crippen LogP) is 2.01. The number of hydrogen-bond donors (Lipinski definition) is 2. The maximum Gasteiger partial charge on any atom is 0.308 e. The molecule has 9 nitrogen and oxygen atoms in total. The number of nitrogens with zero attached hydrogens (tertiary/aromatic N) is 2. The van der Waals surface area contributed by atoms with Crippen LogP contribution in [0.4, 0.5) is 5.69 Å². The summed E-state index contributed by atoms with van der Waals surface area (Å²) in [7, 11) is 0. The van der Waals surface area contributed by atoms with Gasteiger partial charge in [-0.25, -0.2) is 4.98 Å². The van der Waals surface area contributed by atoms with E-state index in [2.05, 4.69) is 15.6 Å². The Bertz CT molecular complexity index is 1190. The van der Waals surface area contributed by atoms with Gasteiger partial charge in [-0.2, -0.15) is 0 Å². The van der Waals surface area contributed by atoms with Crippen molar-refractivity contribution in [2.24, 2.45) is 0 Å². The molecule has 0 aliphatic carbocycles. The molecule has 0 unspecified atom stereocenters. The van der Waals surface area contributed by atoms with E-state index in [0.29, 0.717) is 6.54 Å². The van der Waals surface area contributed by atoms with E-state index in [0.717, 1.165) is 6.42 Å². The van der Waals surface area contributed by atoms with Crippen LogP contribution in [-0.2, 0) is 4.79 Å². The van der Waals surface area contributed by atoms with Crippen molar-refractivity contribution in [1.82, 2.24) is 14.7 Å². The number of nitrogens with one attached hydrogen (secondary N) is 2. The number of ether oxygens (including phenoxy) is 1. The Kier molecular flexibility index (Phi) is 6.21. The smallest absolute Gasteiger partial charge is 0.308 e. The molecule has 2 N–H and O–H groups in total. The Morgan fingerprint density at radius 1 is 1.07 bits per heavy atom. The zero-order chi connectivity index (χ0) is 21.7. The molecule has 0 saturated heterocycles. The van der Waals surface area contributed by atoms with Crippen LogP contribution in [0.2, 0.25) is 0 Å². The van der Waals surface area contributed by atoms with Gasteiger partial charge >= 0.3 is 5.97 Å². The summed E-state index contributed by atoms with van der Waals surface area (Å²) in [5, 5.41) is 5.23. The van der Waals surface area contributed by atoms with Crippen LogP contribution in [0.5, 0.6) is 5.75 Å². The van der Waals surface area contributed by atoms with Crippen molar-refractivity contribution in [1.29, 1.82) is 0 Å².